The van der Waals surface area contributed by atoms with Crippen LogP contribution in [0.25, 0.3) is 0 Å². The number of nitrogens with zero attached hydrogens (tertiary/aromatic N) is 2. The van der Waals surface area contributed by atoms with Crippen LogP contribution >= 0.6 is 0 Å². The molecule has 142 valence electrons. The maximum absolute atomic E-state index is 12.4. The lowest BCUT2D eigenvalue weighted by molar-refractivity contribution is -0.136. The second-order valence-corrected chi connectivity index (χ2v) is 7.12. The molecule has 6 nitrogen and oxygen atoms in total. The van der Waals surface area contributed by atoms with Crippen molar-refractivity contribution in [3.05, 3.63) is 24.3 Å². The smallest absolute Gasteiger partial charge is 0.232 e. The van der Waals surface area contributed by atoms with Crippen LogP contribution in [0.5, 0.6) is 5.75 Å². The third-order valence-electron chi connectivity index (χ3n) is 5.34. The van der Waals surface area contributed by atoms with E-state index in [0.717, 1.165) is 37.4 Å². The fraction of sp³-hybridized carbons (Fsp3) is 0.600. The van der Waals surface area contributed by atoms with E-state index in [1.807, 2.05) is 24.3 Å². The molecule has 3 rings (SSSR count). The van der Waals surface area contributed by atoms with Gasteiger partial charge in [-0.3, -0.25) is 9.59 Å². The van der Waals surface area contributed by atoms with E-state index < -0.39 is 0 Å². The second kappa shape index (κ2) is 8.92. The van der Waals surface area contributed by atoms with Gasteiger partial charge in [0.2, 0.25) is 11.8 Å². The normalized spacial score (nSPS) is 18.5. The zero-order chi connectivity index (χ0) is 18.4. The van der Waals surface area contributed by atoms with Gasteiger partial charge in [-0.05, 0) is 25.0 Å². The average molecular weight is 359 g/mol. The molecule has 1 N–H and O–H groups in total. The molecule has 2 amide bonds. The number of anilines is 1. The molecule has 2 aliphatic rings. The fourth-order valence-electron chi connectivity index (χ4n) is 3.86. The molecule has 6 heteroatoms. The lowest BCUT2D eigenvalue weighted by atomic mass is 9.95. The molecule has 26 heavy (non-hydrogen) atoms. The number of carbonyl (C=O) groups is 2. The average Bonchev–Trinajstić information content (AvgIpc) is 2.68. The molecule has 1 saturated carbocycles. The third kappa shape index (κ3) is 4.68. The molecule has 0 aromatic heterocycles. The monoisotopic (exact) mass is 359 g/mol. The number of hydrogen-bond acceptors (Lipinski definition) is 4. The van der Waals surface area contributed by atoms with Crippen LogP contribution in [0, 0.1) is 0 Å². The molecular weight excluding hydrogens is 330 g/mol. The van der Waals surface area contributed by atoms with Crippen molar-refractivity contribution in [1.29, 1.82) is 0 Å². The van der Waals surface area contributed by atoms with Gasteiger partial charge in [0.15, 0.2) is 0 Å². The lowest BCUT2D eigenvalue weighted by Crippen LogP contribution is -2.50. The van der Waals surface area contributed by atoms with E-state index in [-0.39, 0.29) is 24.3 Å². The van der Waals surface area contributed by atoms with Crippen molar-refractivity contribution in [2.75, 3.05) is 38.2 Å². The largest absolute Gasteiger partial charge is 0.495 e. The Balaban J connectivity index is 1.46. The third-order valence-corrected chi connectivity index (χ3v) is 5.34. The molecule has 1 aromatic carbocycles. The first-order valence-corrected chi connectivity index (χ1v) is 9.62. The van der Waals surface area contributed by atoms with Crippen LogP contribution in [-0.4, -0.2) is 56.0 Å². The number of carbonyl (C=O) groups excluding carboxylic acids is 2. The summed E-state index contributed by atoms with van der Waals surface area (Å²) in [6.07, 6.45) is 5.63. The van der Waals surface area contributed by atoms with E-state index in [1.54, 1.807) is 12.0 Å². The van der Waals surface area contributed by atoms with E-state index >= 15 is 0 Å². The Morgan fingerprint density at radius 2 is 1.77 bits per heavy atom. The number of rotatable bonds is 5. The van der Waals surface area contributed by atoms with Crippen LogP contribution in [0.2, 0.25) is 0 Å². The fourth-order valence-corrected chi connectivity index (χ4v) is 3.86. The number of para-hydroxylation sites is 2. The molecule has 2 fully saturated rings. The summed E-state index contributed by atoms with van der Waals surface area (Å²) in [6.45, 7) is 2.76. The van der Waals surface area contributed by atoms with E-state index in [1.165, 1.54) is 19.3 Å². The zero-order valence-corrected chi connectivity index (χ0v) is 15.6. The van der Waals surface area contributed by atoms with Crippen molar-refractivity contribution < 1.29 is 14.3 Å². The maximum Gasteiger partial charge on any atom is 0.232 e. The van der Waals surface area contributed by atoms with E-state index in [4.69, 9.17) is 4.74 Å². The molecule has 1 saturated heterocycles. The Bertz CT molecular complexity index is 620. The number of hydrogen-bond donors (Lipinski definition) is 1. The van der Waals surface area contributed by atoms with E-state index in [2.05, 4.69) is 10.2 Å². The van der Waals surface area contributed by atoms with Gasteiger partial charge in [0.25, 0.3) is 0 Å². The van der Waals surface area contributed by atoms with Crippen LogP contribution in [-0.2, 0) is 9.59 Å². The summed E-state index contributed by atoms with van der Waals surface area (Å²) in [4.78, 5) is 28.6. The molecule has 0 radical (unpaired) electrons. The minimum absolute atomic E-state index is 0.0365. The van der Waals surface area contributed by atoms with E-state index in [0.29, 0.717) is 13.1 Å². The standard InChI is InChI=1S/C20H29N3O3/c1-26-18-10-6-5-9-17(18)22-11-13-23(14-12-22)20(25)15-19(24)21-16-7-3-2-4-8-16/h5-6,9-10,16H,2-4,7-8,11-15H2,1H3,(H,21,24). The minimum atomic E-state index is -0.131. The summed E-state index contributed by atoms with van der Waals surface area (Å²) in [5, 5.41) is 3.03. The zero-order valence-electron chi connectivity index (χ0n) is 15.6. The molecule has 1 heterocycles. The Labute approximate surface area is 155 Å². The van der Waals surface area contributed by atoms with Crippen LogP contribution in [0.4, 0.5) is 5.69 Å². The SMILES string of the molecule is COc1ccccc1N1CCN(C(=O)CC(=O)NC2CCCCC2)CC1. The van der Waals surface area contributed by atoms with Crippen molar-refractivity contribution in [2.45, 2.75) is 44.6 Å². The molecule has 1 aromatic rings. The highest BCUT2D eigenvalue weighted by Gasteiger charge is 2.25. The number of methoxy groups -OCH3 is 1. The highest BCUT2D eigenvalue weighted by atomic mass is 16.5. The predicted molar refractivity (Wildman–Crippen MR) is 101 cm³/mol. The lowest BCUT2D eigenvalue weighted by Gasteiger charge is -2.36. The summed E-state index contributed by atoms with van der Waals surface area (Å²) in [7, 11) is 1.67. The molecular formula is C20H29N3O3. The summed E-state index contributed by atoms with van der Waals surface area (Å²) in [5.41, 5.74) is 1.05. The van der Waals surface area contributed by atoms with Gasteiger partial charge < -0.3 is 19.9 Å². The molecule has 0 atom stereocenters. The summed E-state index contributed by atoms with van der Waals surface area (Å²) in [5.74, 6) is 0.645. The Morgan fingerprint density at radius 1 is 1.08 bits per heavy atom. The van der Waals surface area contributed by atoms with Gasteiger partial charge in [0, 0.05) is 32.2 Å². The first-order valence-electron chi connectivity index (χ1n) is 9.62. The number of amides is 2. The molecule has 0 unspecified atom stereocenters. The number of benzene rings is 1. The number of ether oxygens (including phenoxy) is 1. The molecule has 0 spiro atoms. The molecule has 1 aliphatic carbocycles. The van der Waals surface area contributed by atoms with Crippen LogP contribution in [0.3, 0.4) is 0 Å². The van der Waals surface area contributed by atoms with Crippen molar-refractivity contribution in [3.8, 4) is 5.75 Å². The number of piperazine rings is 1. The highest BCUT2D eigenvalue weighted by molar-refractivity contribution is 5.97. The van der Waals surface area contributed by atoms with Crippen LogP contribution in [0.1, 0.15) is 38.5 Å². The summed E-state index contributed by atoms with van der Waals surface area (Å²) in [6, 6.07) is 8.18. The molecule has 0 bridgehead atoms. The first kappa shape index (κ1) is 18.5. The minimum Gasteiger partial charge on any atom is -0.495 e. The predicted octanol–water partition coefficient (Wildman–Crippen LogP) is 2.18. The van der Waals surface area contributed by atoms with Crippen molar-refractivity contribution in [1.82, 2.24) is 10.2 Å². The van der Waals surface area contributed by atoms with Gasteiger partial charge in [-0.15, -0.1) is 0 Å². The Hall–Kier alpha value is -2.24. The summed E-state index contributed by atoms with van der Waals surface area (Å²) >= 11 is 0. The highest BCUT2D eigenvalue weighted by Crippen LogP contribution is 2.28. The van der Waals surface area contributed by atoms with Crippen LogP contribution < -0.4 is 15.0 Å². The van der Waals surface area contributed by atoms with Crippen molar-refractivity contribution in [3.63, 3.8) is 0 Å². The first-order chi connectivity index (χ1) is 12.7. The Morgan fingerprint density at radius 3 is 2.46 bits per heavy atom. The Kier molecular flexibility index (Phi) is 6.36. The van der Waals surface area contributed by atoms with Crippen molar-refractivity contribution in [2.24, 2.45) is 0 Å². The topological polar surface area (TPSA) is 61.9 Å². The van der Waals surface area contributed by atoms with Gasteiger partial charge in [-0.2, -0.15) is 0 Å². The number of nitrogens with one attached hydrogen (secondary N) is 1. The van der Waals surface area contributed by atoms with Gasteiger partial charge >= 0.3 is 0 Å². The second-order valence-electron chi connectivity index (χ2n) is 7.12. The van der Waals surface area contributed by atoms with Crippen LogP contribution in [0.15, 0.2) is 24.3 Å². The van der Waals surface area contributed by atoms with Gasteiger partial charge in [-0.1, -0.05) is 31.4 Å². The maximum atomic E-state index is 12.4. The van der Waals surface area contributed by atoms with Gasteiger partial charge in [0.1, 0.15) is 12.2 Å². The summed E-state index contributed by atoms with van der Waals surface area (Å²) < 4.78 is 5.42. The van der Waals surface area contributed by atoms with Crippen molar-refractivity contribution >= 4 is 17.5 Å². The van der Waals surface area contributed by atoms with Gasteiger partial charge in [0.05, 0.1) is 12.8 Å². The van der Waals surface area contributed by atoms with Gasteiger partial charge in [-0.25, -0.2) is 0 Å². The quantitative estimate of drug-likeness (QED) is 0.819. The molecule has 1 aliphatic heterocycles. The van der Waals surface area contributed by atoms with E-state index in [9.17, 15) is 9.59 Å².